The summed E-state index contributed by atoms with van der Waals surface area (Å²) in [6, 6.07) is 8.03. The number of hydrogen-bond acceptors (Lipinski definition) is 5. The van der Waals surface area contributed by atoms with Crippen LogP contribution in [0, 0.1) is 6.92 Å². The number of nitrogens with zero attached hydrogens (tertiary/aromatic N) is 1. The van der Waals surface area contributed by atoms with Crippen LogP contribution in [0.5, 0.6) is 0 Å². The highest BCUT2D eigenvalue weighted by Crippen LogP contribution is 2.18. The predicted molar refractivity (Wildman–Crippen MR) is 76.3 cm³/mol. The van der Waals surface area contributed by atoms with E-state index in [2.05, 4.69) is 10.3 Å². The molecule has 0 saturated carbocycles. The molecule has 0 aliphatic heterocycles. The van der Waals surface area contributed by atoms with Gasteiger partial charge in [-0.3, -0.25) is 0 Å². The quantitative estimate of drug-likeness (QED) is 0.806. The van der Waals surface area contributed by atoms with Crippen LogP contribution < -0.4 is 5.32 Å². The first-order valence-electron chi connectivity index (χ1n) is 6.58. The van der Waals surface area contributed by atoms with E-state index in [0.29, 0.717) is 25.6 Å². The molecule has 20 heavy (non-hydrogen) atoms. The number of rotatable bonds is 7. The zero-order chi connectivity index (χ0) is 14.4. The first-order valence-corrected chi connectivity index (χ1v) is 6.58. The molecule has 108 valence electrons. The lowest BCUT2D eigenvalue weighted by atomic mass is 10.1. The molecule has 2 rings (SSSR count). The van der Waals surface area contributed by atoms with Crippen molar-refractivity contribution in [2.75, 3.05) is 20.3 Å². The van der Waals surface area contributed by atoms with Crippen LogP contribution in [0.2, 0.25) is 0 Å². The largest absolute Gasteiger partial charge is 0.444 e. The Hall–Kier alpha value is -1.69. The first kappa shape index (κ1) is 14.7. The van der Waals surface area contributed by atoms with Crippen molar-refractivity contribution in [2.45, 2.75) is 19.6 Å². The van der Waals surface area contributed by atoms with Crippen LogP contribution in [0.4, 0.5) is 0 Å². The van der Waals surface area contributed by atoms with Gasteiger partial charge in [-0.25, -0.2) is 4.98 Å². The van der Waals surface area contributed by atoms with E-state index in [1.54, 1.807) is 13.4 Å². The zero-order valence-electron chi connectivity index (χ0n) is 11.8. The number of aromatic nitrogens is 1. The predicted octanol–water partition coefficient (Wildman–Crippen LogP) is 1.75. The Labute approximate surface area is 118 Å². The third-order valence-electron chi connectivity index (χ3n) is 2.90. The Balaban J connectivity index is 1.87. The van der Waals surface area contributed by atoms with Crippen molar-refractivity contribution in [3.8, 4) is 11.5 Å². The highest BCUT2D eigenvalue weighted by molar-refractivity contribution is 5.53. The molecule has 0 aliphatic rings. The van der Waals surface area contributed by atoms with Crippen LogP contribution in [-0.2, 0) is 11.3 Å². The number of nitrogens with one attached hydrogen (secondary N) is 1. The number of hydrogen-bond donors (Lipinski definition) is 2. The van der Waals surface area contributed by atoms with Crippen LogP contribution in [0.1, 0.15) is 11.3 Å². The number of ether oxygens (including phenoxy) is 1. The van der Waals surface area contributed by atoms with Crippen LogP contribution in [0.3, 0.4) is 0 Å². The lowest BCUT2D eigenvalue weighted by molar-refractivity contribution is 0.0643. The summed E-state index contributed by atoms with van der Waals surface area (Å²) in [7, 11) is 1.56. The van der Waals surface area contributed by atoms with E-state index >= 15 is 0 Å². The van der Waals surface area contributed by atoms with Gasteiger partial charge in [0.25, 0.3) is 0 Å². The monoisotopic (exact) mass is 276 g/mol. The standard InChI is InChI=1S/C15H20N2O3/c1-11-3-5-12(6-4-11)15-17-13(9-20-15)7-16-8-14(18)10-19-2/h3-6,9,14,16,18H,7-8,10H2,1-2H3. The van der Waals surface area contributed by atoms with Gasteiger partial charge in [-0.1, -0.05) is 17.7 Å². The summed E-state index contributed by atoms with van der Waals surface area (Å²) in [6.45, 7) is 3.37. The van der Waals surface area contributed by atoms with Gasteiger partial charge in [-0.05, 0) is 19.1 Å². The Bertz CT molecular complexity index is 522. The molecule has 5 nitrogen and oxygen atoms in total. The van der Waals surface area contributed by atoms with E-state index in [9.17, 15) is 5.11 Å². The molecule has 0 aliphatic carbocycles. The first-order chi connectivity index (χ1) is 9.69. The number of aliphatic hydroxyl groups excluding tert-OH is 1. The second-order valence-electron chi connectivity index (χ2n) is 4.75. The summed E-state index contributed by atoms with van der Waals surface area (Å²) in [6.07, 6.45) is 1.12. The molecule has 0 spiro atoms. The van der Waals surface area contributed by atoms with Gasteiger partial charge in [0.15, 0.2) is 0 Å². The summed E-state index contributed by atoms with van der Waals surface area (Å²) in [5, 5.41) is 12.6. The van der Waals surface area contributed by atoms with Crippen molar-refractivity contribution in [1.82, 2.24) is 10.3 Å². The maximum atomic E-state index is 9.51. The fraction of sp³-hybridized carbons (Fsp3) is 0.400. The van der Waals surface area contributed by atoms with E-state index in [-0.39, 0.29) is 0 Å². The second kappa shape index (κ2) is 7.19. The number of oxazole rings is 1. The minimum atomic E-state index is -0.511. The molecule has 0 fully saturated rings. The molecule has 1 aromatic heterocycles. The summed E-state index contributed by atoms with van der Waals surface area (Å²) in [5.74, 6) is 0.610. The lowest BCUT2D eigenvalue weighted by Crippen LogP contribution is -2.29. The zero-order valence-corrected chi connectivity index (χ0v) is 11.8. The fourth-order valence-electron chi connectivity index (χ4n) is 1.84. The average molecular weight is 276 g/mol. The van der Waals surface area contributed by atoms with Gasteiger partial charge in [0.05, 0.1) is 18.4 Å². The van der Waals surface area contributed by atoms with Crippen LogP contribution in [0.25, 0.3) is 11.5 Å². The molecule has 2 aromatic rings. The van der Waals surface area contributed by atoms with E-state index in [1.165, 1.54) is 5.56 Å². The van der Waals surface area contributed by atoms with Gasteiger partial charge in [0.2, 0.25) is 5.89 Å². The van der Waals surface area contributed by atoms with Crippen molar-refractivity contribution in [1.29, 1.82) is 0 Å². The van der Waals surface area contributed by atoms with Gasteiger partial charge >= 0.3 is 0 Å². The summed E-state index contributed by atoms with van der Waals surface area (Å²) < 4.78 is 10.3. The van der Waals surface area contributed by atoms with Crippen molar-refractivity contribution in [3.63, 3.8) is 0 Å². The SMILES string of the molecule is COCC(O)CNCc1coc(-c2ccc(C)cc2)n1. The fourth-order valence-corrected chi connectivity index (χ4v) is 1.84. The van der Waals surface area contributed by atoms with Crippen molar-refractivity contribution in [3.05, 3.63) is 41.8 Å². The molecular formula is C15H20N2O3. The molecule has 1 aromatic carbocycles. The smallest absolute Gasteiger partial charge is 0.226 e. The molecule has 1 heterocycles. The van der Waals surface area contributed by atoms with Crippen molar-refractivity contribution in [2.24, 2.45) is 0 Å². The second-order valence-corrected chi connectivity index (χ2v) is 4.75. The van der Waals surface area contributed by atoms with Gasteiger partial charge in [0, 0.05) is 25.8 Å². The van der Waals surface area contributed by atoms with Crippen LogP contribution in [0.15, 0.2) is 34.9 Å². The molecule has 2 N–H and O–H groups in total. The number of aryl methyl sites for hydroxylation is 1. The third kappa shape index (κ3) is 4.16. The molecule has 0 saturated heterocycles. The van der Waals surface area contributed by atoms with Crippen molar-refractivity contribution < 1.29 is 14.3 Å². The van der Waals surface area contributed by atoms with E-state index in [4.69, 9.17) is 9.15 Å². The topological polar surface area (TPSA) is 67.5 Å². The number of aliphatic hydroxyl groups is 1. The molecular weight excluding hydrogens is 256 g/mol. The van der Waals surface area contributed by atoms with Gasteiger partial charge in [-0.2, -0.15) is 0 Å². The molecule has 1 unspecified atom stereocenters. The molecule has 0 radical (unpaired) electrons. The third-order valence-corrected chi connectivity index (χ3v) is 2.90. The van der Waals surface area contributed by atoms with Gasteiger partial charge < -0.3 is 19.6 Å². The summed E-state index contributed by atoms with van der Waals surface area (Å²) in [4.78, 5) is 4.41. The Morgan fingerprint density at radius 2 is 2.10 bits per heavy atom. The van der Waals surface area contributed by atoms with Crippen molar-refractivity contribution >= 4 is 0 Å². The highest BCUT2D eigenvalue weighted by Gasteiger charge is 2.07. The summed E-state index contributed by atoms with van der Waals surface area (Å²) >= 11 is 0. The normalized spacial score (nSPS) is 12.6. The minimum absolute atomic E-state index is 0.320. The lowest BCUT2D eigenvalue weighted by Gasteiger charge is -2.09. The maximum Gasteiger partial charge on any atom is 0.226 e. The van der Waals surface area contributed by atoms with E-state index in [1.807, 2.05) is 31.2 Å². The van der Waals surface area contributed by atoms with Crippen LogP contribution in [-0.4, -0.2) is 36.5 Å². The maximum absolute atomic E-state index is 9.51. The Kier molecular flexibility index (Phi) is 5.29. The minimum Gasteiger partial charge on any atom is -0.444 e. The molecule has 0 amide bonds. The van der Waals surface area contributed by atoms with E-state index < -0.39 is 6.10 Å². The van der Waals surface area contributed by atoms with Gasteiger partial charge in [0.1, 0.15) is 6.26 Å². The number of benzene rings is 1. The molecule has 1 atom stereocenters. The van der Waals surface area contributed by atoms with Crippen LogP contribution >= 0.6 is 0 Å². The molecule has 0 bridgehead atoms. The van der Waals surface area contributed by atoms with Gasteiger partial charge in [-0.15, -0.1) is 0 Å². The Morgan fingerprint density at radius 3 is 2.80 bits per heavy atom. The number of methoxy groups -OCH3 is 1. The average Bonchev–Trinajstić information content (AvgIpc) is 2.89. The highest BCUT2D eigenvalue weighted by atomic mass is 16.5. The van der Waals surface area contributed by atoms with E-state index in [0.717, 1.165) is 11.3 Å². The summed E-state index contributed by atoms with van der Waals surface area (Å²) in [5.41, 5.74) is 2.97. The molecule has 5 heteroatoms. The Morgan fingerprint density at radius 1 is 1.35 bits per heavy atom.